The molecule has 0 aliphatic carbocycles. The summed E-state index contributed by atoms with van der Waals surface area (Å²) in [6.07, 6.45) is 0. The quantitative estimate of drug-likeness (QED) is 0.814. The third-order valence-electron chi connectivity index (χ3n) is 2.95. The molecule has 0 spiro atoms. The van der Waals surface area contributed by atoms with Gasteiger partial charge in [-0.15, -0.1) is 0 Å². The number of anilines is 1. The zero-order chi connectivity index (χ0) is 12.3. The zero-order valence-electron chi connectivity index (χ0n) is 9.60. The average molecular weight is 240 g/mol. The fraction of sp³-hybridized carbons (Fsp3) is 0.500. The van der Waals surface area contributed by atoms with Crippen LogP contribution in [0.5, 0.6) is 0 Å². The standard InChI is InChI=1S/C12H17FN2O2/c13-10-7-9(11(14)8-16)1-2-12(10)15-3-5-17-6-4-15/h1-2,7,11,16H,3-6,8,14H2. The van der Waals surface area contributed by atoms with Crippen molar-refractivity contribution in [3.63, 3.8) is 0 Å². The summed E-state index contributed by atoms with van der Waals surface area (Å²) in [4.78, 5) is 1.95. The van der Waals surface area contributed by atoms with Gasteiger partial charge < -0.3 is 20.5 Å². The highest BCUT2D eigenvalue weighted by molar-refractivity contribution is 5.49. The first-order valence-electron chi connectivity index (χ1n) is 5.71. The topological polar surface area (TPSA) is 58.7 Å². The monoisotopic (exact) mass is 240 g/mol. The molecule has 1 aliphatic rings. The highest BCUT2D eigenvalue weighted by Gasteiger charge is 2.16. The van der Waals surface area contributed by atoms with Gasteiger partial charge in [-0.2, -0.15) is 0 Å². The third kappa shape index (κ3) is 2.74. The van der Waals surface area contributed by atoms with Crippen LogP contribution in [0, 0.1) is 5.82 Å². The number of aliphatic hydroxyl groups is 1. The Kier molecular flexibility index (Phi) is 3.93. The second-order valence-electron chi connectivity index (χ2n) is 4.10. The smallest absolute Gasteiger partial charge is 0.146 e. The molecule has 5 heteroatoms. The van der Waals surface area contributed by atoms with Gasteiger partial charge in [-0.3, -0.25) is 0 Å². The molecule has 1 fully saturated rings. The lowest BCUT2D eigenvalue weighted by Gasteiger charge is -2.29. The predicted molar refractivity (Wildman–Crippen MR) is 63.4 cm³/mol. The molecular weight excluding hydrogens is 223 g/mol. The van der Waals surface area contributed by atoms with Gasteiger partial charge in [-0.05, 0) is 17.7 Å². The van der Waals surface area contributed by atoms with Gasteiger partial charge in [-0.1, -0.05) is 6.07 Å². The Morgan fingerprint density at radius 1 is 1.41 bits per heavy atom. The van der Waals surface area contributed by atoms with Crippen molar-refractivity contribution in [3.8, 4) is 0 Å². The van der Waals surface area contributed by atoms with Gasteiger partial charge in [-0.25, -0.2) is 4.39 Å². The van der Waals surface area contributed by atoms with Crippen molar-refractivity contribution >= 4 is 5.69 Å². The number of benzene rings is 1. The molecule has 0 amide bonds. The minimum Gasteiger partial charge on any atom is -0.394 e. The first kappa shape index (κ1) is 12.3. The summed E-state index contributed by atoms with van der Waals surface area (Å²) in [5.74, 6) is -0.298. The van der Waals surface area contributed by atoms with Gasteiger partial charge in [0, 0.05) is 13.1 Å². The number of rotatable bonds is 3. The van der Waals surface area contributed by atoms with Gasteiger partial charge in [0.05, 0.1) is 31.5 Å². The molecule has 1 aliphatic heterocycles. The van der Waals surface area contributed by atoms with E-state index in [1.54, 1.807) is 12.1 Å². The summed E-state index contributed by atoms with van der Waals surface area (Å²) >= 11 is 0. The average Bonchev–Trinajstić information content (AvgIpc) is 2.38. The molecule has 1 saturated heterocycles. The first-order valence-corrected chi connectivity index (χ1v) is 5.71. The maximum absolute atomic E-state index is 13.9. The summed E-state index contributed by atoms with van der Waals surface area (Å²) in [5, 5.41) is 8.92. The Morgan fingerprint density at radius 3 is 2.71 bits per heavy atom. The van der Waals surface area contributed by atoms with E-state index < -0.39 is 6.04 Å². The van der Waals surface area contributed by atoms with Crippen molar-refractivity contribution in [2.24, 2.45) is 5.73 Å². The Labute approximate surface area is 99.8 Å². The van der Waals surface area contributed by atoms with Crippen LogP contribution < -0.4 is 10.6 Å². The second kappa shape index (κ2) is 5.44. The summed E-state index contributed by atoms with van der Waals surface area (Å²) < 4.78 is 19.1. The molecule has 0 radical (unpaired) electrons. The van der Waals surface area contributed by atoms with E-state index in [0.29, 0.717) is 37.6 Å². The normalized spacial score (nSPS) is 18.2. The molecule has 94 valence electrons. The van der Waals surface area contributed by atoms with E-state index in [4.69, 9.17) is 15.6 Å². The van der Waals surface area contributed by atoms with Crippen molar-refractivity contribution in [1.82, 2.24) is 0 Å². The predicted octanol–water partition coefficient (Wildman–Crippen LogP) is 0.654. The lowest BCUT2D eigenvalue weighted by atomic mass is 10.1. The van der Waals surface area contributed by atoms with Gasteiger partial charge in [0.2, 0.25) is 0 Å². The summed E-state index contributed by atoms with van der Waals surface area (Å²) in [7, 11) is 0. The minimum atomic E-state index is -0.525. The van der Waals surface area contributed by atoms with Gasteiger partial charge >= 0.3 is 0 Å². The van der Waals surface area contributed by atoms with E-state index in [1.165, 1.54) is 6.07 Å². The SMILES string of the molecule is NC(CO)c1ccc(N2CCOCC2)c(F)c1. The molecular formula is C12H17FN2O2. The largest absolute Gasteiger partial charge is 0.394 e. The van der Waals surface area contributed by atoms with Gasteiger partial charge in [0.25, 0.3) is 0 Å². The van der Waals surface area contributed by atoms with Crippen molar-refractivity contribution in [1.29, 1.82) is 0 Å². The summed E-state index contributed by atoms with van der Waals surface area (Å²) in [6.45, 7) is 2.45. The zero-order valence-corrected chi connectivity index (χ0v) is 9.60. The molecule has 17 heavy (non-hydrogen) atoms. The van der Waals surface area contributed by atoms with E-state index >= 15 is 0 Å². The maximum atomic E-state index is 13.9. The van der Waals surface area contributed by atoms with E-state index in [2.05, 4.69) is 0 Å². The second-order valence-corrected chi connectivity index (χ2v) is 4.10. The van der Waals surface area contributed by atoms with Crippen LogP contribution in [-0.4, -0.2) is 38.0 Å². The van der Waals surface area contributed by atoms with Crippen LogP contribution in [0.15, 0.2) is 18.2 Å². The molecule has 1 unspecified atom stereocenters. The van der Waals surface area contributed by atoms with Gasteiger partial charge in [0.1, 0.15) is 5.82 Å². The molecule has 1 atom stereocenters. The van der Waals surface area contributed by atoms with E-state index in [-0.39, 0.29) is 12.4 Å². The summed E-state index contributed by atoms with van der Waals surface area (Å²) in [5.41, 5.74) is 6.83. The minimum absolute atomic E-state index is 0.184. The van der Waals surface area contributed by atoms with Crippen LogP contribution in [0.3, 0.4) is 0 Å². The molecule has 0 bridgehead atoms. The van der Waals surface area contributed by atoms with Crippen LogP contribution in [0.4, 0.5) is 10.1 Å². The molecule has 1 heterocycles. The Balaban J connectivity index is 2.18. The molecule has 1 aromatic carbocycles. The van der Waals surface area contributed by atoms with E-state index in [9.17, 15) is 4.39 Å². The first-order chi connectivity index (χ1) is 8.22. The highest BCUT2D eigenvalue weighted by atomic mass is 19.1. The maximum Gasteiger partial charge on any atom is 0.146 e. The van der Waals surface area contributed by atoms with Crippen molar-refractivity contribution in [3.05, 3.63) is 29.6 Å². The number of aliphatic hydroxyl groups excluding tert-OH is 1. The van der Waals surface area contributed by atoms with Crippen molar-refractivity contribution < 1.29 is 14.2 Å². The Morgan fingerprint density at radius 2 is 2.12 bits per heavy atom. The van der Waals surface area contributed by atoms with Gasteiger partial charge in [0.15, 0.2) is 0 Å². The molecule has 1 aromatic rings. The molecule has 0 saturated carbocycles. The fourth-order valence-corrected chi connectivity index (χ4v) is 1.92. The number of hydrogen-bond donors (Lipinski definition) is 2. The lowest BCUT2D eigenvalue weighted by Crippen LogP contribution is -2.36. The molecule has 4 nitrogen and oxygen atoms in total. The number of halogens is 1. The van der Waals surface area contributed by atoms with Crippen LogP contribution in [-0.2, 0) is 4.74 Å². The Bertz CT molecular complexity index is 381. The number of ether oxygens (including phenoxy) is 1. The molecule has 2 rings (SSSR count). The van der Waals surface area contributed by atoms with Crippen LogP contribution in [0.25, 0.3) is 0 Å². The van der Waals surface area contributed by atoms with Crippen LogP contribution in [0.1, 0.15) is 11.6 Å². The number of nitrogens with zero attached hydrogens (tertiary/aromatic N) is 1. The third-order valence-corrected chi connectivity index (χ3v) is 2.95. The van der Waals surface area contributed by atoms with Crippen LogP contribution in [0.2, 0.25) is 0 Å². The molecule has 3 N–H and O–H groups in total. The Hall–Kier alpha value is -1.17. The summed E-state index contributed by atoms with van der Waals surface area (Å²) in [6, 6.07) is 4.34. The van der Waals surface area contributed by atoms with E-state index in [0.717, 1.165) is 0 Å². The van der Waals surface area contributed by atoms with Crippen LogP contribution >= 0.6 is 0 Å². The van der Waals surface area contributed by atoms with E-state index in [1.807, 2.05) is 4.90 Å². The van der Waals surface area contributed by atoms with Crippen molar-refractivity contribution in [2.45, 2.75) is 6.04 Å². The molecule has 0 aromatic heterocycles. The fourth-order valence-electron chi connectivity index (χ4n) is 1.92. The number of morpholine rings is 1. The lowest BCUT2D eigenvalue weighted by molar-refractivity contribution is 0.122. The van der Waals surface area contributed by atoms with Crippen molar-refractivity contribution in [2.75, 3.05) is 37.8 Å². The highest BCUT2D eigenvalue weighted by Crippen LogP contribution is 2.23. The number of hydrogen-bond acceptors (Lipinski definition) is 4. The number of nitrogens with two attached hydrogens (primary N) is 1.